The summed E-state index contributed by atoms with van der Waals surface area (Å²) < 4.78 is 0. The molecular weight excluding hydrogens is 322 g/mol. The molecule has 0 aromatic carbocycles. The van der Waals surface area contributed by atoms with Crippen molar-refractivity contribution in [1.82, 2.24) is 4.98 Å². The fraction of sp³-hybridized carbons (Fsp3) is 0.444. The van der Waals surface area contributed by atoms with E-state index in [0.717, 1.165) is 52.8 Å². The SMILES string of the molecule is Cc1cc(C(=O)Nc2cccnc2N2CCC(CO)CC2)c(C)s1. The summed E-state index contributed by atoms with van der Waals surface area (Å²) >= 11 is 1.63. The standard InChI is InChI=1S/C18H23N3O2S/c1-12-10-15(13(2)24-12)18(23)20-16-4-3-7-19-17(16)21-8-5-14(11-22)6-9-21/h3-4,7,10,14,22H,5-6,8-9,11H2,1-2H3,(H,20,23). The zero-order valence-corrected chi connectivity index (χ0v) is 14.9. The van der Waals surface area contributed by atoms with Crippen LogP contribution in [-0.2, 0) is 0 Å². The Kier molecular flexibility index (Phi) is 5.16. The number of carbonyl (C=O) groups excluding carboxylic acids is 1. The zero-order chi connectivity index (χ0) is 17.1. The smallest absolute Gasteiger partial charge is 0.256 e. The summed E-state index contributed by atoms with van der Waals surface area (Å²) in [4.78, 5) is 21.4. The number of aromatic nitrogens is 1. The molecule has 2 N–H and O–H groups in total. The molecule has 1 aliphatic rings. The third-order valence-electron chi connectivity index (χ3n) is 4.49. The van der Waals surface area contributed by atoms with E-state index in [0.29, 0.717) is 5.92 Å². The lowest BCUT2D eigenvalue weighted by Gasteiger charge is -2.33. The van der Waals surface area contributed by atoms with Crippen molar-refractivity contribution in [1.29, 1.82) is 0 Å². The van der Waals surface area contributed by atoms with Crippen molar-refractivity contribution < 1.29 is 9.90 Å². The lowest BCUT2D eigenvalue weighted by molar-refractivity contribution is 0.102. The molecule has 1 saturated heterocycles. The fourth-order valence-corrected chi connectivity index (χ4v) is 4.04. The molecule has 2 aromatic heterocycles. The highest BCUT2D eigenvalue weighted by Gasteiger charge is 2.22. The number of thiophene rings is 1. The zero-order valence-electron chi connectivity index (χ0n) is 14.1. The number of hydrogen-bond donors (Lipinski definition) is 2. The molecule has 0 spiro atoms. The van der Waals surface area contributed by atoms with Gasteiger partial charge in [0.05, 0.1) is 11.3 Å². The molecule has 24 heavy (non-hydrogen) atoms. The fourth-order valence-electron chi connectivity index (χ4n) is 3.12. The molecule has 3 rings (SSSR count). The Morgan fingerprint density at radius 1 is 1.42 bits per heavy atom. The highest BCUT2D eigenvalue weighted by molar-refractivity contribution is 7.12. The van der Waals surface area contributed by atoms with Crippen molar-refractivity contribution in [3.63, 3.8) is 0 Å². The van der Waals surface area contributed by atoms with Gasteiger partial charge in [0.25, 0.3) is 5.91 Å². The Bertz CT molecular complexity index is 721. The molecule has 2 aromatic rings. The third kappa shape index (κ3) is 3.60. The van der Waals surface area contributed by atoms with Crippen LogP contribution in [0.3, 0.4) is 0 Å². The summed E-state index contributed by atoms with van der Waals surface area (Å²) in [5.41, 5.74) is 1.47. The molecule has 1 amide bonds. The Hall–Kier alpha value is -1.92. The van der Waals surface area contributed by atoms with Gasteiger partial charge in [0.15, 0.2) is 5.82 Å². The minimum Gasteiger partial charge on any atom is -0.396 e. The third-order valence-corrected chi connectivity index (χ3v) is 5.46. The first kappa shape index (κ1) is 16.9. The lowest BCUT2D eigenvalue weighted by Crippen LogP contribution is -2.35. The number of rotatable bonds is 4. The van der Waals surface area contributed by atoms with Gasteiger partial charge in [-0.2, -0.15) is 0 Å². The van der Waals surface area contributed by atoms with Crippen LogP contribution in [0.1, 0.15) is 33.0 Å². The topological polar surface area (TPSA) is 65.5 Å². The molecule has 0 atom stereocenters. The van der Waals surface area contributed by atoms with Gasteiger partial charge in [0.2, 0.25) is 0 Å². The van der Waals surface area contributed by atoms with Gasteiger partial charge in [-0.1, -0.05) is 0 Å². The van der Waals surface area contributed by atoms with E-state index in [2.05, 4.69) is 15.2 Å². The maximum atomic E-state index is 12.6. The van der Waals surface area contributed by atoms with Crippen molar-refractivity contribution in [3.8, 4) is 0 Å². The van der Waals surface area contributed by atoms with Crippen molar-refractivity contribution in [2.75, 3.05) is 29.9 Å². The number of hydrogen-bond acceptors (Lipinski definition) is 5. The molecule has 1 fully saturated rings. The summed E-state index contributed by atoms with van der Waals surface area (Å²) in [5.74, 6) is 1.10. The maximum absolute atomic E-state index is 12.6. The Morgan fingerprint density at radius 3 is 2.79 bits per heavy atom. The van der Waals surface area contributed by atoms with Gasteiger partial charge < -0.3 is 15.3 Å². The van der Waals surface area contributed by atoms with Crippen LogP contribution in [0, 0.1) is 19.8 Å². The second kappa shape index (κ2) is 7.32. The van der Waals surface area contributed by atoms with E-state index in [-0.39, 0.29) is 12.5 Å². The number of anilines is 2. The molecule has 0 unspecified atom stereocenters. The monoisotopic (exact) mass is 345 g/mol. The van der Waals surface area contributed by atoms with Crippen LogP contribution >= 0.6 is 11.3 Å². The van der Waals surface area contributed by atoms with Crippen molar-refractivity contribution in [3.05, 3.63) is 39.7 Å². The first-order valence-electron chi connectivity index (χ1n) is 8.27. The first-order valence-corrected chi connectivity index (χ1v) is 9.09. The number of pyridine rings is 1. The summed E-state index contributed by atoms with van der Waals surface area (Å²) in [7, 11) is 0. The van der Waals surface area contributed by atoms with Gasteiger partial charge in [0.1, 0.15) is 0 Å². The summed E-state index contributed by atoms with van der Waals surface area (Å²) in [6, 6.07) is 5.66. The van der Waals surface area contributed by atoms with Gasteiger partial charge in [-0.05, 0) is 50.8 Å². The van der Waals surface area contributed by atoms with Gasteiger partial charge >= 0.3 is 0 Å². The van der Waals surface area contributed by atoms with Crippen LogP contribution in [0.5, 0.6) is 0 Å². The Balaban J connectivity index is 1.77. The molecule has 6 heteroatoms. The van der Waals surface area contributed by atoms with Crippen LogP contribution in [0.25, 0.3) is 0 Å². The van der Waals surface area contributed by atoms with Gasteiger partial charge in [-0.25, -0.2) is 4.98 Å². The van der Waals surface area contributed by atoms with E-state index in [4.69, 9.17) is 0 Å². The van der Waals surface area contributed by atoms with E-state index >= 15 is 0 Å². The molecule has 0 radical (unpaired) electrons. The molecular formula is C18H23N3O2S. The van der Waals surface area contributed by atoms with Crippen LogP contribution in [0.4, 0.5) is 11.5 Å². The summed E-state index contributed by atoms with van der Waals surface area (Å²) in [6.07, 6.45) is 3.65. The molecule has 5 nitrogen and oxygen atoms in total. The van der Waals surface area contributed by atoms with Crippen LogP contribution in [0.2, 0.25) is 0 Å². The van der Waals surface area contributed by atoms with Crippen molar-refractivity contribution in [2.24, 2.45) is 5.92 Å². The number of piperidine rings is 1. The number of aliphatic hydroxyl groups excluding tert-OH is 1. The van der Waals surface area contributed by atoms with Gasteiger partial charge in [-0.15, -0.1) is 11.3 Å². The predicted molar refractivity (Wildman–Crippen MR) is 98.0 cm³/mol. The van der Waals surface area contributed by atoms with Crippen LogP contribution in [-0.4, -0.2) is 35.7 Å². The Morgan fingerprint density at radius 2 is 2.17 bits per heavy atom. The van der Waals surface area contributed by atoms with Crippen LogP contribution in [0.15, 0.2) is 24.4 Å². The minimum absolute atomic E-state index is 0.0867. The molecule has 3 heterocycles. The van der Waals surface area contributed by atoms with E-state index < -0.39 is 0 Å². The molecule has 128 valence electrons. The summed E-state index contributed by atoms with van der Waals surface area (Å²) in [5, 5.41) is 12.3. The highest BCUT2D eigenvalue weighted by Crippen LogP contribution is 2.29. The second-order valence-corrected chi connectivity index (χ2v) is 7.73. The van der Waals surface area contributed by atoms with Gasteiger partial charge in [-0.3, -0.25) is 4.79 Å². The normalized spacial score (nSPS) is 15.5. The van der Waals surface area contributed by atoms with Crippen molar-refractivity contribution in [2.45, 2.75) is 26.7 Å². The molecule has 1 aliphatic heterocycles. The second-order valence-electron chi connectivity index (χ2n) is 6.27. The highest BCUT2D eigenvalue weighted by atomic mass is 32.1. The van der Waals surface area contributed by atoms with E-state index in [1.54, 1.807) is 17.5 Å². The Labute approximate surface area is 146 Å². The predicted octanol–water partition coefficient (Wildman–Crippen LogP) is 3.22. The molecule has 0 saturated carbocycles. The minimum atomic E-state index is -0.0867. The van der Waals surface area contributed by atoms with E-state index in [9.17, 15) is 9.90 Å². The number of aliphatic hydroxyl groups is 1. The number of carbonyl (C=O) groups is 1. The molecule has 0 bridgehead atoms. The number of amides is 1. The average molecular weight is 345 g/mol. The summed E-state index contributed by atoms with van der Waals surface area (Å²) in [6.45, 7) is 5.92. The largest absolute Gasteiger partial charge is 0.396 e. The van der Waals surface area contributed by atoms with Crippen molar-refractivity contribution >= 4 is 28.7 Å². The quantitative estimate of drug-likeness (QED) is 0.893. The molecule has 0 aliphatic carbocycles. The van der Waals surface area contributed by atoms with E-state index in [1.165, 1.54) is 0 Å². The number of aryl methyl sites for hydroxylation is 2. The van der Waals surface area contributed by atoms with Crippen LogP contribution < -0.4 is 10.2 Å². The first-order chi connectivity index (χ1) is 11.6. The average Bonchev–Trinajstić information content (AvgIpc) is 2.94. The maximum Gasteiger partial charge on any atom is 0.256 e. The van der Waals surface area contributed by atoms with E-state index in [1.807, 2.05) is 32.0 Å². The number of nitrogens with zero attached hydrogens (tertiary/aromatic N) is 2. The lowest BCUT2D eigenvalue weighted by atomic mass is 9.98. The number of nitrogens with one attached hydrogen (secondary N) is 1. The van der Waals surface area contributed by atoms with Gasteiger partial charge in [0, 0.05) is 35.6 Å².